The molecular weight excluding hydrogens is 418 g/mol. The van der Waals surface area contributed by atoms with Gasteiger partial charge in [0, 0.05) is 24.7 Å². The molecule has 0 radical (unpaired) electrons. The van der Waals surface area contributed by atoms with Crippen molar-refractivity contribution in [2.45, 2.75) is 37.2 Å². The van der Waals surface area contributed by atoms with Crippen LogP contribution in [0.5, 0.6) is 5.75 Å². The molecule has 1 aliphatic heterocycles. The van der Waals surface area contributed by atoms with E-state index in [1.165, 1.54) is 25.3 Å². The number of rotatable bonds is 6. The molecule has 2 aromatic carbocycles. The smallest absolute Gasteiger partial charge is 0.254 e. The molecule has 9 heteroatoms. The van der Waals surface area contributed by atoms with Crippen molar-refractivity contribution in [3.05, 3.63) is 59.7 Å². The number of nitrogens with zero attached hydrogens (tertiary/aromatic N) is 1. The molecule has 31 heavy (non-hydrogen) atoms. The molecule has 1 saturated heterocycles. The summed E-state index contributed by atoms with van der Waals surface area (Å²) in [5.74, 6) is -0.339. The van der Waals surface area contributed by atoms with E-state index in [-0.39, 0.29) is 40.5 Å². The number of hydrogen-bond acceptors (Lipinski definition) is 5. The van der Waals surface area contributed by atoms with E-state index >= 15 is 0 Å². The van der Waals surface area contributed by atoms with Crippen molar-refractivity contribution in [1.82, 2.24) is 14.9 Å². The summed E-state index contributed by atoms with van der Waals surface area (Å²) in [4.78, 5) is 27.2. The maximum absolute atomic E-state index is 13.5. The number of ether oxygens (including phenoxy) is 1. The van der Waals surface area contributed by atoms with Gasteiger partial charge in [-0.2, -0.15) is 0 Å². The predicted molar refractivity (Wildman–Crippen MR) is 116 cm³/mol. The van der Waals surface area contributed by atoms with E-state index in [4.69, 9.17) is 4.74 Å². The number of methoxy groups -OCH3 is 1. The van der Waals surface area contributed by atoms with Crippen LogP contribution in [-0.4, -0.2) is 51.4 Å². The lowest BCUT2D eigenvalue weighted by Crippen LogP contribution is -2.37. The van der Waals surface area contributed by atoms with Crippen LogP contribution in [0.4, 0.5) is 0 Å². The van der Waals surface area contributed by atoms with Crippen LogP contribution in [0, 0.1) is 0 Å². The van der Waals surface area contributed by atoms with Crippen LogP contribution < -0.4 is 14.8 Å². The molecule has 166 valence electrons. The number of hydrogen-bond donors (Lipinski definition) is 2. The fraction of sp³-hybridized carbons (Fsp3) is 0.364. The van der Waals surface area contributed by atoms with Gasteiger partial charge in [-0.1, -0.05) is 30.3 Å². The summed E-state index contributed by atoms with van der Waals surface area (Å²) in [5, 5.41) is 2.80. The van der Waals surface area contributed by atoms with Crippen LogP contribution in [0.15, 0.2) is 53.4 Å². The van der Waals surface area contributed by atoms with Crippen LogP contribution >= 0.6 is 0 Å². The molecule has 8 nitrogen and oxygen atoms in total. The van der Waals surface area contributed by atoms with Gasteiger partial charge in [-0.3, -0.25) is 9.59 Å². The lowest BCUT2D eigenvalue weighted by molar-refractivity contribution is -0.121. The maximum atomic E-state index is 13.5. The van der Waals surface area contributed by atoms with Crippen molar-refractivity contribution in [3.8, 4) is 5.75 Å². The molecule has 2 aromatic rings. The van der Waals surface area contributed by atoms with Crippen LogP contribution in [-0.2, 0) is 14.8 Å². The van der Waals surface area contributed by atoms with E-state index in [1.54, 1.807) is 18.7 Å². The standard InChI is InChI=1S/C22H27N3O5S/c1-15(2)24-31(28,29)20-13-17(9-10-19(20)30-3)22(27)25-12-11-23-21(26)14-18(25)16-7-5-4-6-8-16/h4-10,13,15,18,24H,11-12,14H2,1-3H3,(H,23,26)/t18-/m1/s1. The lowest BCUT2D eigenvalue weighted by atomic mass is 10.0. The van der Waals surface area contributed by atoms with E-state index < -0.39 is 16.1 Å². The number of benzene rings is 2. The van der Waals surface area contributed by atoms with Crippen molar-refractivity contribution >= 4 is 21.8 Å². The van der Waals surface area contributed by atoms with Gasteiger partial charge in [0.15, 0.2) is 0 Å². The fourth-order valence-electron chi connectivity index (χ4n) is 3.60. The largest absolute Gasteiger partial charge is 0.495 e. The van der Waals surface area contributed by atoms with Crippen molar-refractivity contribution in [2.24, 2.45) is 0 Å². The second-order valence-corrected chi connectivity index (χ2v) is 9.30. The van der Waals surface area contributed by atoms with E-state index in [0.717, 1.165) is 5.56 Å². The highest BCUT2D eigenvalue weighted by Crippen LogP contribution is 2.30. The van der Waals surface area contributed by atoms with Gasteiger partial charge >= 0.3 is 0 Å². The van der Waals surface area contributed by atoms with E-state index in [2.05, 4.69) is 10.0 Å². The highest BCUT2D eigenvalue weighted by Gasteiger charge is 2.31. The summed E-state index contributed by atoms with van der Waals surface area (Å²) in [6, 6.07) is 12.9. The zero-order valence-electron chi connectivity index (χ0n) is 17.8. The molecule has 1 fully saturated rings. The Morgan fingerprint density at radius 2 is 1.90 bits per heavy atom. The van der Waals surface area contributed by atoms with Gasteiger partial charge in [0.1, 0.15) is 10.6 Å². The molecule has 2 amide bonds. The van der Waals surface area contributed by atoms with E-state index in [0.29, 0.717) is 13.1 Å². The Labute approximate surface area is 182 Å². The Kier molecular flexibility index (Phi) is 6.97. The molecule has 3 rings (SSSR count). The third-order valence-corrected chi connectivity index (χ3v) is 6.65. The number of nitrogens with one attached hydrogen (secondary N) is 2. The second-order valence-electron chi connectivity index (χ2n) is 7.62. The zero-order chi connectivity index (χ0) is 22.6. The maximum Gasteiger partial charge on any atom is 0.254 e. The van der Waals surface area contributed by atoms with Crippen molar-refractivity contribution < 1.29 is 22.7 Å². The lowest BCUT2D eigenvalue weighted by Gasteiger charge is -2.30. The summed E-state index contributed by atoms with van der Waals surface area (Å²) < 4.78 is 33.3. The third-order valence-electron chi connectivity index (χ3n) is 4.97. The second kappa shape index (κ2) is 9.49. The molecule has 0 saturated carbocycles. The molecule has 0 aromatic heterocycles. The molecule has 0 aliphatic carbocycles. The highest BCUT2D eigenvalue weighted by atomic mass is 32.2. The van der Waals surface area contributed by atoms with Gasteiger partial charge in [0.25, 0.3) is 5.91 Å². The first-order chi connectivity index (χ1) is 14.7. The molecule has 0 bridgehead atoms. The van der Waals surface area contributed by atoms with Gasteiger partial charge in [-0.05, 0) is 37.6 Å². The van der Waals surface area contributed by atoms with Gasteiger partial charge < -0.3 is 15.0 Å². The van der Waals surface area contributed by atoms with Crippen LogP contribution in [0.2, 0.25) is 0 Å². The number of amides is 2. The van der Waals surface area contributed by atoms with Crippen molar-refractivity contribution in [1.29, 1.82) is 0 Å². The minimum absolute atomic E-state index is 0.102. The first kappa shape index (κ1) is 22.8. The Hall–Kier alpha value is -2.91. The Balaban J connectivity index is 2.02. The topological polar surface area (TPSA) is 105 Å². The van der Waals surface area contributed by atoms with Crippen LogP contribution in [0.1, 0.15) is 42.2 Å². The van der Waals surface area contributed by atoms with Gasteiger partial charge in [0.05, 0.1) is 19.6 Å². The quantitative estimate of drug-likeness (QED) is 0.708. The predicted octanol–water partition coefficient (Wildman–Crippen LogP) is 2.09. The Morgan fingerprint density at radius 1 is 1.19 bits per heavy atom. The number of carbonyl (C=O) groups is 2. The monoisotopic (exact) mass is 445 g/mol. The molecular formula is C22H27N3O5S. The minimum atomic E-state index is -3.88. The average molecular weight is 446 g/mol. The summed E-state index contributed by atoms with van der Waals surface area (Å²) in [6.07, 6.45) is 0.131. The number of sulfonamides is 1. The molecule has 1 heterocycles. The molecule has 2 N–H and O–H groups in total. The first-order valence-corrected chi connectivity index (χ1v) is 11.5. The highest BCUT2D eigenvalue weighted by molar-refractivity contribution is 7.89. The van der Waals surface area contributed by atoms with Crippen molar-refractivity contribution in [2.75, 3.05) is 20.2 Å². The van der Waals surface area contributed by atoms with Crippen LogP contribution in [0.25, 0.3) is 0 Å². The SMILES string of the molecule is COc1ccc(C(=O)N2CCNC(=O)C[C@@H]2c2ccccc2)cc1S(=O)(=O)NC(C)C. The molecule has 1 atom stereocenters. The van der Waals surface area contributed by atoms with Gasteiger partial charge in [0.2, 0.25) is 15.9 Å². The van der Waals surface area contributed by atoms with E-state index in [1.807, 2.05) is 30.3 Å². The normalized spacial score (nSPS) is 17.2. The minimum Gasteiger partial charge on any atom is -0.495 e. The average Bonchev–Trinajstić information content (AvgIpc) is 2.94. The van der Waals surface area contributed by atoms with E-state index in [9.17, 15) is 18.0 Å². The summed E-state index contributed by atoms with van der Waals surface area (Å²) in [5.41, 5.74) is 1.05. The third kappa shape index (κ3) is 5.23. The molecule has 0 unspecified atom stereocenters. The zero-order valence-corrected chi connectivity index (χ0v) is 18.6. The first-order valence-electron chi connectivity index (χ1n) is 10.1. The molecule has 0 spiro atoms. The molecule has 1 aliphatic rings. The Bertz CT molecular complexity index is 1050. The summed E-state index contributed by atoms with van der Waals surface area (Å²) >= 11 is 0. The van der Waals surface area contributed by atoms with Crippen LogP contribution in [0.3, 0.4) is 0 Å². The number of carbonyl (C=O) groups excluding carboxylic acids is 2. The Morgan fingerprint density at radius 3 is 2.55 bits per heavy atom. The van der Waals surface area contributed by atoms with Crippen molar-refractivity contribution in [3.63, 3.8) is 0 Å². The van der Waals surface area contributed by atoms with Gasteiger partial charge in [-0.25, -0.2) is 13.1 Å². The summed E-state index contributed by atoms with van der Waals surface area (Å²) in [7, 11) is -2.51. The summed E-state index contributed by atoms with van der Waals surface area (Å²) in [6.45, 7) is 4.06. The fourth-order valence-corrected chi connectivity index (χ4v) is 5.05. The van der Waals surface area contributed by atoms with Gasteiger partial charge in [-0.15, -0.1) is 0 Å².